The molecule has 1 saturated carbocycles. The number of hydrogen-bond acceptors (Lipinski definition) is 5. The van der Waals surface area contributed by atoms with Crippen LogP contribution in [0.25, 0.3) is 0 Å². The number of carbonyl (C=O) groups is 1. The lowest BCUT2D eigenvalue weighted by molar-refractivity contribution is -0.402. The van der Waals surface area contributed by atoms with Crippen LogP contribution < -0.4 is 0 Å². The van der Waals surface area contributed by atoms with E-state index in [-0.39, 0.29) is 18.6 Å². The Kier molecular flexibility index (Phi) is 2.20. The van der Waals surface area contributed by atoms with Gasteiger partial charge in [-0.3, -0.25) is 14.9 Å². The van der Waals surface area contributed by atoms with Crippen LogP contribution in [-0.2, 0) is 10.2 Å². The Hall–Kier alpha value is -1.89. The molecule has 1 aliphatic rings. The normalized spacial score (nSPS) is 28.4. The molecule has 1 aliphatic carbocycles. The molecule has 2 rings (SSSR count). The molecular weight excluding hydrogens is 218 g/mol. The second kappa shape index (κ2) is 3.31. The first-order valence-corrected chi connectivity index (χ1v) is 4.62. The van der Waals surface area contributed by atoms with Gasteiger partial charge in [-0.1, -0.05) is 0 Å². The summed E-state index contributed by atoms with van der Waals surface area (Å²) >= 11 is 0. The number of hydrogen-bond donors (Lipinski definition) is 2. The van der Waals surface area contributed by atoms with Gasteiger partial charge in [-0.05, 0) is 18.9 Å². The summed E-state index contributed by atoms with van der Waals surface area (Å²) in [5.74, 6) is -1.60. The van der Waals surface area contributed by atoms with Crippen molar-refractivity contribution < 1.29 is 24.3 Å². The van der Waals surface area contributed by atoms with Crippen molar-refractivity contribution in [2.24, 2.45) is 0 Å². The predicted octanol–water partition coefficient (Wildman–Crippen LogP) is 0.665. The molecule has 0 radical (unpaired) electrons. The fourth-order valence-corrected chi connectivity index (χ4v) is 1.91. The number of carboxylic acid groups (broad SMARTS) is 1. The molecule has 0 aromatic carbocycles. The number of aliphatic hydroxyl groups is 1. The molecule has 1 fully saturated rings. The summed E-state index contributed by atoms with van der Waals surface area (Å²) in [6.45, 7) is 0. The zero-order valence-electron chi connectivity index (χ0n) is 8.12. The van der Waals surface area contributed by atoms with E-state index in [4.69, 9.17) is 9.52 Å². The van der Waals surface area contributed by atoms with E-state index < -0.39 is 28.3 Å². The number of nitrogens with zero attached hydrogens (tertiary/aromatic N) is 1. The van der Waals surface area contributed by atoms with Gasteiger partial charge in [-0.15, -0.1) is 0 Å². The van der Waals surface area contributed by atoms with Crippen LogP contribution in [0, 0.1) is 10.1 Å². The molecule has 0 spiro atoms. The van der Waals surface area contributed by atoms with Gasteiger partial charge in [-0.25, -0.2) is 0 Å². The molecular formula is C9H9NO6. The number of aliphatic hydroxyl groups excluding tert-OH is 1. The van der Waals surface area contributed by atoms with Crippen LogP contribution in [0.3, 0.4) is 0 Å². The third-order valence-electron chi connectivity index (χ3n) is 2.82. The lowest BCUT2D eigenvalue weighted by atomic mass is 9.65. The second-order valence-corrected chi connectivity index (χ2v) is 3.84. The summed E-state index contributed by atoms with van der Waals surface area (Å²) in [4.78, 5) is 20.8. The molecule has 7 heteroatoms. The molecule has 0 saturated heterocycles. The fraction of sp³-hybridized carbons (Fsp3) is 0.444. The van der Waals surface area contributed by atoms with Gasteiger partial charge in [0.05, 0.1) is 12.2 Å². The number of carboxylic acids is 1. The maximum absolute atomic E-state index is 11.1. The second-order valence-electron chi connectivity index (χ2n) is 3.84. The van der Waals surface area contributed by atoms with Crippen molar-refractivity contribution in [2.75, 3.05) is 0 Å². The molecule has 1 aromatic rings. The van der Waals surface area contributed by atoms with Crippen LogP contribution in [0.2, 0.25) is 0 Å². The highest BCUT2D eigenvalue weighted by atomic mass is 16.6. The van der Waals surface area contributed by atoms with Gasteiger partial charge in [0.2, 0.25) is 0 Å². The van der Waals surface area contributed by atoms with Crippen LogP contribution in [0.5, 0.6) is 0 Å². The highest BCUT2D eigenvalue weighted by Crippen LogP contribution is 2.45. The minimum atomic E-state index is -1.31. The highest BCUT2D eigenvalue weighted by Gasteiger charge is 2.54. The molecule has 1 aromatic heterocycles. The molecule has 86 valence electrons. The number of furan rings is 1. The summed E-state index contributed by atoms with van der Waals surface area (Å²) < 4.78 is 4.87. The Bertz CT molecular complexity index is 445. The van der Waals surface area contributed by atoms with E-state index >= 15 is 0 Å². The standard InChI is InChI=1S/C9H9NO6/c11-5-3-9(4-5,8(12)13)6-1-2-7(16-6)10(14)15/h1-2,5,11H,3-4H2,(H,12,13). The van der Waals surface area contributed by atoms with Crippen LogP contribution in [0.1, 0.15) is 18.6 Å². The van der Waals surface area contributed by atoms with Crippen molar-refractivity contribution in [3.05, 3.63) is 28.0 Å². The highest BCUT2D eigenvalue weighted by molar-refractivity contribution is 5.82. The molecule has 0 bridgehead atoms. The predicted molar refractivity (Wildman–Crippen MR) is 49.9 cm³/mol. The Morgan fingerprint density at radius 3 is 2.56 bits per heavy atom. The Labute approximate surface area is 89.4 Å². The van der Waals surface area contributed by atoms with Crippen molar-refractivity contribution in [2.45, 2.75) is 24.4 Å². The van der Waals surface area contributed by atoms with Crippen molar-refractivity contribution in [3.63, 3.8) is 0 Å². The van der Waals surface area contributed by atoms with Crippen LogP contribution in [-0.4, -0.2) is 27.2 Å². The number of aliphatic carboxylic acids is 1. The smallest absolute Gasteiger partial charge is 0.433 e. The average molecular weight is 227 g/mol. The van der Waals surface area contributed by atoms with Gasteiger partial charge in [0, 0.05) is 0 Å². The number of rotatable bonds is 3. The van der Waals surface area contributed by atoms with Crippen LogP contribution >= 0.6 is 0 Å². The average Bonchev–Trinajstić information content (AvgIpc) is 2.60. The molecule has 16 heavy (non-hydrogen) atoms. The van der Waals surface area contributed by atoms with Crippen molar-refractivity contribution in [1.29, 1.82) is 0 Å². The molecule has 2 N–H and O–H groups in total. The largest absolute Gasteiger partial charge is 0.480 e. The molecule has 0 atom stereocenters. The van der Waals surface area contributed by atoms with Crippen molar-refractivity contribution in [1.82, 2.24) is 0 Å². The van der Waals surface area contributed by atoms with E-state index in [9.17, 15) is 20.0 Å². The topological polar surface area (TPSA) is 114 Å². The molecule has 7 nitrogen and oxygen atoms in total. The SMILES string of the molecule is O=C(O)C1(c2ccc([N+](=O)[O-])o2)CC(O)C1. The summed E-state index contributed by atoms with van der Waals surface area (Å²) in [7, 11) is 0. The third-order valence-corrected chi connectivity index (χ3v) is 2.82. The lowest BCUT2D eigenvalue weighted by Gasteiger charge is -2.39. The Morgan fingerprint density at radius 1 is 1.56 bits per heavy atom. The minimum Gasteiger partial charge on any atom is -0.480 e. The minimum absolute atomic E-state index is 0.0208. The monoisotopic (exact) mass is 227 g/mol. The third kappa shape index (κ3) is 1.36. The van der Waals surface area contributed by atoms with Gasteiger partial charge < -0.3 is 14.6 Å². The first kappa shape index (κ1) is 10.6. The van der Waals surface area contributed by atoms with E-state index in [2.05, 4.69) is 0 Å². The molecule has 0 unspecified atom stereocenters. The Balaban J connectivity index is 2.34. The van der Waals surface area contributed by atoms with Gasteiger partial charge in [0.25, 0.3) is 0 Å². The zero-order chi connectivity index (χ0) is 11.9. The zero-order valence-corrected chi connectivity index (χ0v) is 8.12. The quantitative estimate of drug-likeness (QED) is 0.579. The van der Waals surface area contributed by atoms with Crippen LogP contribution in [0.15, 0.2) is 16.5 Å². The van der Waals surface area contributed by atoms with Crippen molar-refractivity contribution >= 4 is 11.9 Å². The maximum atomic E-state index is 11.1. The van der Waals surface area contributed by atoms with E-state index in [1.165, 1.54) is 6.07 Å². The van der Waals surface area contributed by atoms with Crippen LogP contribution in [0.4, 0.5) is 5.88 Å². The summed E-state index contributed by atoms with van der Waals surface area (Å²) in [6.07, 6.45) is -0.653. The lowest BCUT2D eigenvalue weighted by Crippen LogP contribution is -2.50. The first-order valence-electron chi connectivity index (χ1n) is 4.62. The first-order chi connectivity index (χ1) is 7.45. The molecule has 0 amide bonds. The van der Waals surface area contributed by atoms with E-state index in [1.54, 1.807) is 0 Å². The molecule has 1 heterocycles. The fourth-order valence-electron chi connectivity index (χ4n) is 1.91. The van der Waals surface area contributed by atoms with Crippen molar-refractivity contribution in [3.8, 4) is 0 Å². The summed E-state index contributed by atoms with van der Waals surface area (Å²) in [5, 5.41) is 28.6. The summed E-state index contributed by atoms with van der Waals surface area (Å²) in [6, 6.07) is 2.39. The van der Waals surface area contributed by atoms with Gasteiger partial charge >= 0.3 is 11.9 Å². The molecule has 0 aliphatic heterocycles. The maximum Gasteiger partial charge on any atom is 0.433 e. The van der Waals surface area contributed by atoms with E-state index in [0.29, 0.717) is 0 Å². The van der Waals surface area contributed by atoms with Gasteiger partial charge in [0.1, 0.15) is 16.1 Å². The van der Waals surface area contributed by atoms with Gasteiger partial charge in [0.15, 0.2) is 0 Å². The summed E-state index contributed by atoms with van der Waals surface area (Å²) in [5.41, 5.74) is -1.31. The van der Waals surface area contributed by atoms with Gasteiger partial charge in [-0.2, -0.15) is 0 Å². The Morgan fingerprint density at radius 2 is 2.19 bits per heavy atom. The van der Waals surface area contributed by atoms with E-state index in [1.807, 2.05) is 0 Å². The number of nitro groups is 1. The van der Waals surface area contributed by atoms with E-state index in [0.717, 1.165) is 6.07 Å².